The average molecular weight is 529 g/mol. The summed E-state index contributed by atoms with van der Waals surface area (Å²) in [6.07, 6.45) is 5.94. The molecule has 1 atom stereocenters. The molecule has 9 nitrogen and oxygen atoms in total. The fraction of sp³-hybridized carbons (Fsp3) is 0.346. The number of piperazine rings is 1. The van der Waals surface area contributed by atoms with Crippen molar-refractivity contribution in [3.8, 4) is 0 Å². The predicted octanol–water partition coefficient (Wildman–Crippen LogP) is 3.40. The zero-order valence-corrected chi connectivity index (χ0v) is 21.4. The minimum Gasteiger partial charge on any atom is -0.368 e. The molecule has 2 aliphatic heterocycles. The van der Waals surface area contributed by atoms with E-state index in [1.54, 1.807) is 36.4 Å². The van der Waals surface area contributed by atoms with Crippen molar-refractivity contribution in [3.05, 3.63) is 72.4 Å². The summed E-state index contributed by atoms with van der Waals surface area (Å²) in [4.78, 5) is 27.4. The van der Waals surface area contributed by atoms with Crippen molar-refractivity contribution < 1.29 is 20.5 Å². The Balaban J connectivity index is 0.00000210. The largest absolute Gasteiger partial charge is 0.368 e. The molecule has 198 valence electrons. The highest BCUT2D eigenvalue weighted by atomic mass is 32.2. The van der Waals surface area contributed by atoms with Crippen LogP contribution in [-0.4, -0.2) is 68.0 Å². The molecule has 37 heavy (non-hydrogen) atoms. The van der Waals surface area contributed by atoms with Gasteiger partial charge in [-0.25, -0.2) is 17.8 Å². The number of carbonyl (C=O) groups is 1. The molecule has 2 aromatic carbocycles. The van der Waals surface area contributed by atoms with Gasteiger partial charge in [-0.05, 0) is 67.8 Å². The molecule has 1 N–H and O–H groups in total. The van der Waals surface area contributed by atoms with Crippen LogP contribution >= 0.6 is 0 Å². The van der Waals surface area contributed by atoms with Crippen molar-refractivity contribution in [2.75, 3.05) is 47.2 Å². The van der Waals surface area contributed by atoms with Gasteiger partial charge in [-0.15, -0.1) is 0 Å². The minimum absolute atomic E-state index is 0. The van der Waals surface area contributed by atoms with Crippen molar-refractivity contribution in [2.45, 2.75) is 30.7 Å². The van der Waals surface area contributed by atoms with Gasteiger partial charge in [-0.3, -0.25) is 14.5 Å². The Morgan fingerprint density at radius 1 is 1.05 bits per heavy atom. The molecule has 0 spiro atoms. The number of nitrogens with one attached hydrogen (secondary N) is 1. The van der Waals surface area contributed by atoms with Gasteiger partial charge in [-0.2, -0.15) is 0 Å². The van der Waals surface area contributed by atoms with Crippen LogP contribution < -0.4 is 14.5 Å². The Hall–Kier alpha value is -3.73. The van der Waals surface area contributed by atoms with Crippen LogP contribution in [0.25, 0.3) is 0 Å². The van der Waals surface area contributed by atoms with Crippen LogP contribution in [0.4, 0.5) is 21.6 Å². The van der Waals surface area contributed by atoms with E-state index in [1.165, 1.54) is 24.7 Å². The van der Waals surface area contributed by atoms with E-state index in [0.717, 1.165) is 36.3 Å². The van der Waals surface area contributed by atoms with Crippen LogP contribution in [0.2, 0.25) is 0 Å². The van der Waals surface area contributed by atoms with Crippen molar-refractivity contribution in [2.24, 2.45) is 0 Å². The summed E-state index contributed by atoms with van der Waals surface area (Å²) in [5.41, 5.74) is 2.79. The van der Waals surface area contributed by atoms with Crippen molar-refractivity contribution >= 4 is 33.1 Å². The first-order valence-electron chi connectivity index (χ1n) is 12.3. The number of carbonyl (C=O) groups excluding carboxylic acids is 1. The molecule has 3 heterocycles. The van der Waals surface area contributed by atoms with Crippen LogP contribution in [-0.2, 0) is 21.2 Å². The zero-order valence-electron chi connectivity index (χ0n) is 20.5. The molecule has 0 aliphatic carbocycles. The summed E-state index contributed by atoms with van der Waals surface area (Å²) in [6.45, 7) is 5.12. The SMILES string of the molecule is C[C@@H](C(=O)N1CCN(c2ccc(S(=O)(=O)Nc3cnccn3)cc2)CC1)N1CCCc2cc(F)ccc21.[HH].[HH]. The predicted molar refractivity (Wildman–Crippen MR) is 144 cm³/mol. The standard InChI is InChI=1S/C26H29FN6O3S.2H2/c1-19(33-12-2-3-20-17-21(27)4-9-24(20)33)26(34)32-15-13-31(14-16-32)22-5-7-23(8-6-22)37(35,36)30-25-18-28-10-11-29-25;;/h4-11,17-19H,2-3,12-16H2,1H3,(H,29,30);2*1H/t19-;;/m0../s1. The summed E-state index contributed by atoms with van der Waals surface area (Å²) in [7, 11) is -3.77. The van der Waals surface area contributed by atoms with E-state index in [0.29, 0.717) is 26.2 Å². The number of aromatic nitrogens is 2. The summed E-state index contributed by atoms with van der Waals surface area (Å²) in [6, 6.07) is 11.1. The van der Waals surface area contributed by atoms with E-state index in [9.17, 15) is 17.6 Å². The normalized spacial score (nSPS) is 16.8. The van der Waals surface area contributed by atoms with E-state index >= 15 is 0 Å². The van der Waals surface area contributed by atoms with Crippen LogP contribution in [0.5, 0.6) is 0 Å². The molecule has 0 bridgehead atoms. The number of amides is 1. The number of fused-ring (bicyclic) bond motifs is 1. The van der Waals surface area contributed by atoms with Crippen molar-refractivity contribution in [1.29, 1.82) is 0 Å². The number of anilines is 3. The molecule has 0 radical (unpaired) electrons. The van der Waals surface area contributed by atoms with E-state index in [1.807, 2.05) is 11.8 Å². The lowest BCUT2D eigenvalue weighted by Gasteiger charge is -2.41. The molecule has 3 aromatic rings. The number of hydrogen-bond acceptors (Lipinski definition) is 7. The second-order valence-electron chi connectivity index (χ2n) is 9.25. The quantitative estimate of drug-likeness (QED) is 0.524. The number of halogens is 1. The molecular weight excluding hydrogens is 495 g/mol. The Kier molecular flexibility index (Phi) is 6.96. The maximum absolute atomic E-state index is 13.7. The third-order valence-electron chi connectivity index (χ3n) is 6.93. The number of sulfonamides is 1. The number of benzene rings is 2. The number of rotatable bonds is 6. The third-order valence-corrected chi connectivity index (χ3v) is 8.30. The van der Waals surface area contributed by atoms with Crippen molar-refractivity contribution in [1.82, 2.24) is 14.9 Å². The minimum atomic E-state index is -3.77. The first-order valence-corrected chi connectivity index (χ1v) is 13.8. The van der Waals surface area contributed by atoms with E-state index in [4.69, 9.17) is 0 Å². The molecule has 5 rings (SSSR count). The molecule has 2 aliphatic rings. The summed E-state index contributed by atoms with van der Waals surface area (Å²) < 4.78 is 41.4. The topological polar surface area (TPSA) is 98.7 Å². The third kappa shape index (κ3) is 5.36. The average Bonchev–Trinajstić information content (AvgIpc) is 2.92. The summed E-state index contributed by atoms with van der Waals surface area (Å²) in [5.74, 6) is -0.0294. The summed E-state index contributed by atoms with van der Waals surface area (Å²) >= 11 is 0. The maximum atomic E-state index is 13.7. The Labute approximate surface area is 219 Å². The first-order chi connectivity index (χ1) is 17.8. The van der Waals surface area contributed by atoms with E-state index in [2.05, 4.69) is 24.5 Å². The Bertz CT molecular complexity index is 1370. The van der Waals surface area contributed by atoms with Crippen molar-refractivity contribution in [3.63, 3.8) is 0 Å². The van der Waals surface area contributed by atoms with Gasteiger partial charge in [-0.1, -0.05) is 0 Å². The van der Waals surface area contributed by atoms with Gasteiger partial charge in [0.15, 0.2) is 5.82 Å². The second-order valence-corrected chi connectivity index (χ2v) is 10.9. The maximum Gasteiger partial charge on any atom is 0.263 e. The van der Waals surface area contributed by atoms with Crippen LogP contribution in [0.1, 0.15) is 21.8 Å². The Morgan fingerprint density at radius 3 is 2.51 bits per heavy atom. The van der Waals surface area contributed by atoms with Crippen LogP contribution in [0.3, 0.4) is 0 Å². The number of hydrogen-bond donors (Lipinski definition) is 1. The molecule has 1 amide bonds. The van der Waals surface area contributed by atoms with Gasteiger partial charge in [0.1, 0.15) is 11.9 Å². The monoisotopic (exact) mass is 528 g/mol. The smallest absolute Gasteiger partial charge is 0.263 e. The van der Waals surface area contributed by atoms with E-state index in [-0.39, 0.29) is 31.3 Å². The lowest BCUT2D eigenvalue weighted by Crippen LogP contribution is -2.55. The Morgan fingerprint density at radius 2 is 1.81 bits per heavy atom. The van der Waals surface area contributed by atoms with Crippen LogP contribution in [0, 0.1) is 5.82 Å². The lowest BCUT2D eigenvalue weighted by atomic mass is 9.99. The molecule has 1 fully saturated rings. The van der Waals surface area contributed by atoms with Crippen LogP contribution in [0.15, 0.2) is 66.0 Å². The number of nitrogens with zero attached hydrogens (tertiary/aromatic N) is 5. The molecule has 1 saturated heterocycles. The zero-order chi connectivity index (χ0) is 26.0. The van der Waals surface area contributed by atoms with E-state index < -0.39 is 10.0 Å². The molecule has 0 unspecified atom stereocenters. The van der Waals surface area contributed by atoms with Gasteiger partial charge in [0.25, 0.3) is 10.0 Å². The van der Waals surface area contributed by atoms with Gasteiger partial charge in [0, 0.05) is 59.3 Å². The molecular formula is C26H33FN6O3S. The lowest BCUT2D eigenvalue weighted by molar-refractivity contribution is -0.132. The van der Waals surface area contributed by atoms with Gasteiger partial charge in [0.2, 0.25) is 5.91 Å². The highest BCUT2D eigenvalue weighted by molar-refractivity contribution is 7.92. The first kappa shape index (κ1) is 24.9. The highest BCUT2D eigenvalue weighted by Gasteiger charge is 2.31. The molecule has 11 heteroatoms. The fourth-order valence-corrected chi connectivity index (χ4v) is 5.96. The number of aryl methyl sites for hydroxylation is 1. The fourth-order valence-electron chi connectivity index (χ4n) is 4.96. The molecule has 0 saturated carbocycles. The van der Waals surface area contributed by atoms with Gasteiger partial charge >= 0.3 is 0 Å². The highest BCUT2D eigenvalue weighted by Crippen LogP contribution is 2.30. The second kappa shape index (κ2) is 10.3. The molecule has 1 aromatic heterocycles. The van der Waals surface area contributed by atoms with Gasteiger partial charge < -0.3 is 14.7 Å². The van der Waals surface area contributed by atoms with Gasteiger partial charge in [0.05, 0.1) is 11.1 Å². The summed E-state index contributed by atoms with van der Waals surface area (Å²) in [5, 5.41) is 0.